The van der Waals surface area contributed by atoms with Crippen molar-refractivity contribution in [3.8, 4) is 11.8 Å². The Kier molecular flexibility index (Phi) is 1.39. The molecule has 0 radical (unpaired) electrons. The van der Waals surface area contributed by atoms with E-state index in [0.717, 1.165) is 16.0 Å². The van der Waals surface area contributed by atoms with Crippen LogP contribution in [0.5, 0.6) is 11.8 Å². The van der Waals surface area contributed by atoms with Gasteiger partial charge in [-0.15, -0.1) is 0 Å². The summed E-state index contributed by atoms with van der Waals surface area (Å²) in [6.07, 6.45) is 3.04. The van der Waals surface area contributed by atoms with Crippen molar-refractivity contribution in [1.29, 1.82) is 0 Å². The van der Waals surface area contributed by atoms with Gasteiger partial charge in [0.05, 0.1) is 0 Å². The van der Waals surface area contributed by atoms with Gasteiger partial charge in [0.25, 0.3) is 0 Å². The van der Waals surface area contributed by atoms with Gasteiger partial charge in [-0.25, -0.2) is 0 Å². The molecule has 2 aliphatic rings. The Bertz CT molecular complexity index is 613. The van der Waals surface area contributed by atoms with Gasteiger partial charge in [-0.3, -0.25) is 0 Å². The number of aromatic nitrogens is 2. The van der Waals surface area contributed by atoms with E-state index in [2.05, 4.69) is 0 Å². The third kappa shape index (κ3) is 1.28. The number of hydrogen-bond donors (Lipinski definition) is 0. The minimum absolute atomic E-state index is 0.186. The Hall–Kier alpha value is -2.35. The van der Waals surface area contributed by atoms with Gasteiger partial charge in [-0.1, -0.05) is 0 Å². The quantitative estimate of drug-likeness (QED) is 0.389. The van der Waals surface area contributed by atoms with Crippen LogP contribution in [0.3, 0.4) is 0 Å². The molecule has 2 aromatic rings. The van der Waals surface area contributed by atoms with Crippen LogP contribution in [-0.2, 0) is 0 Å². The number of rotatable bonds is 0. The van der Waals surface area contributed by atoms with Crippen molar-refractivity contribution in [3.63, 3.8) is 0 Å². The minimum atomic E-state index is -6.08. The van der Waals surface area contributed by atoms with E-state index in [4.69, 9.17) is 17.9 Å². The van der Waals surface area contributed by atoms with Crippen LogP contribution in [0.25, 0.3) is 0 Å². The van der Waals surface area contributed by atoms with E-state index in [1.807, 2.05) is 0 Å². The topological polar surface area (TPSA) is 44.7 Å². The zero-order valence-electron chi connectivity index (χ0n) is 10.0. The van der Waals surface area contributed by atoms with Crippen LogP contribution < -0.4 is 27.4 Å². The van der Waals surface area contributed by atoms with Crippen LogP contribution in [0.1, 0.15) is 0 Å². The van der Waals surface area contributed by atoms with E-state index in [0.29, 0.717) is 0 Å². The summed E-state index contributed by atoms with van der Waals surface area (Å²) in [6, 6.07) is 9.91. The van der Waals surface area contributed by atoms with E-state index in [1.54, 1.807) is 36.4 Å². The molecular formula is C11H11FN2O4Si. The first-order chi connectivity index (χ1) is 8.90. The van der Waals surface area contributed by atoms with Gasteiger partial charge in [-0.05, 0) is 0 Å². The summed E-state index contributed by atoms with van der Waals surface area (Å²) >= 11 is 0. The molecule has 0 N–H and O–H groups in total. The van der Waals surface area contributed by atoms with Crippen LogP contribution in [0, 0.1) is 0 Å². The van der Waals surface area contributed by atoms with Gasteiger partial charge in [0.1, 0.15) is 0 Å². The van der Waals surface area contributed by atoms with Gasteiger partial charge in [0.15, 0.2) is 0 Å². The van der Waals surface area contributed by atoms with E-state index in [1.165, 1.54) is 12.4 Å². The fourth-order valence-electron chi connectivity index (χ4n) is 2.30. The fourth-order valence-corrected chi connectivity index (χ4v) is 5.26. The normalized spacial score (nSPS) is 26.0. The van der Waals surface area contributed by atoms with Crippen molar-refractivity contribution in [1.82, 2.24) is 0 Å². The molecule has 0 unspecified atom stereocenters. The van der Waals surface area contributed by atoms with Gasteiger partial charge < -0.3 is 0 Å². The number of hydrogen-bond acceptors (Lipinski definition) is 4. The maximum atomic E-state index is 15.7. The predicted octanol–water partition coefficient (Wildman–Crippen LogP) is 0.0434. The molecule has 0 amide bonds. The van der Waals surface area contributed by atoms with Gasteiger partial charge >= 0.3 is 107 Å². The Labute approximate surface area is 107 Å². The molecule has 0 aliphatic carbocycles. The summed E-state index contributed by atoms with van der Waals surface area (Å²) in [4.78, 5) is 0. The Morgan fingerprint density at radius 1 is 0.895 bits per heavy atom. The molecule has 0 saturated carbocycles. The van der Waals surface area contributed by atoms with Crippen LogP contribution >= 0.6 is 0 Å². The molecule has 0 aromatic carbocycles. The van der Waals surface area contributed by atoms with Crippen molar-refractivity contribution < 1.29 is 31.5 Å². The second-order valence-electron chi connectivity index (χ2n) is 4.93. The molecule has 100 valence electrons. The van der Waals surface area contributed by atoms with Crippen LogP contribution in [0.4, 0.5) is 4.11 Å². The third-order valence-electron chi connectivity index (χ3n) is 2.99. The SMILES string of the molecule is C[Si-2]12(F)(Oc3cccc[n+]3O1)Oc1cccc[n+]1O2. The summed E-state index contributed by atoms with van der Waals surface area (Å²) in [6.45, 7) is 1.09. The van der Waals surface area contributed by atoms with Crippen LogP contribution in [0.2, 0.25) is 6.55 Å². The molecule has 8 heteroatoms. The monoisotopic (exact) mass is 282 g/mol. The zero-order valence-corrected chi connectivity index (χ0v) is 11.0. The third-order valence-corrected chi connectivity index (χ3v) is 5.81. The van der Waals surface area contributed by atoms with E-state index >= 15 is 4.11 Å². The first kappa shape index (κ1) is 10.6. The summed E-state index contributed by atoms with van der Waals surface area (Å²) in [5.41, 5.74) is 0. The van der Waals surface area contributed by atoms with Crippen molar-refractivity contribution in [3.05, 3.63) is 48.8 Å². The summed E-state index contributed by atoms with van der Waals surface area (Å²) in [5.74, 6) is 0.371. The molecular weight excluding hydrogens is 271 g/mol. The Balaban J connectivity index is 1.89. The van der Waals surface area contributed by atoms with Gasteiger partial charge in [0.2, 0.25) is 0 Å². The van der Waals surface area contributed by atoms with Crippen molar-refractivity contribution in [2.75, 3.05) is 0 Å². The first-order valence-electron chi connectivity index (χ1n) is 5.82. The average molecular weight is 282 g/mol. The second kappa shape index (κ2) is 2.50. The van der Waals surface area contributed by atoms with E-state index in [-0.39, 0.29) is 11.8 Å². The molecule has 19 heavy (non-hydrogen) atoms. The van der Waals surface area contributed by atoms with Crippen molar-refractivity contribution in [2.45, 2.75) is 6.55 Å². The van der Waals surface area contributed by atoms with E-state index < -0.39 is 7.94 Å². The van der Waals surface area contributed by atoms with Crippen LogP contribution in [0.15, 0.2) is 48.8 Å². The molecule has 2 aliphatic heterocycles. The second-order valence-corrected chi connectivity index (χ2v) is 9.33. The Morgan fingerprint density at radius 2 is 1.37 bits per heavy atom. The molecule has 2 aromatic heterocycles. The number of fused-ring (bicyclic) bond motifs is 2. The molecule has 1 spiro atoms. The van der Waals surface area contributed by atoms with Gasteiger partial charge in [0, 0.05) is 0 Å². The summed E-state index contributed by atoms with van der Waals surface area (Å²) < 4.78 is 39.5. The van der Waals surface area contributed by atoms with Crippen molar-refractivity contribution >= 4 is 7.94 Å². The van der Waals surface area contributed by atoms with E-state index in [9.17, 15) is 0 Å². The average Bonchev–Trinajstić information content (AvgIpc) is 2.75. The summed E-state index contributed by atoms with van der Waals surface area (Å²) in [5, 5.41) is 0. The molecule has 4 rings (SSSR count). The molecule has 0 fully saturated rings. The number of nitrogens with zero attached hydrogens (tertiary/aromatic N) is 2. The molecule has 0 bridgehead atoms. The molecule has 0 saturated heterocycles. The Morgan fingerprint density at radius 3 is 1.79 bits per heavy atom. The standard InChI is InChI=1S/C11H11FN2O4Si/c1-19(12,15-10-6-2-4-8-13(10)17-19)16-11-7-3-5-9-14(11)18-19/h2-9H,1H3. The summed E-state index contributed by atoms with van der Waals surface area (Å²) in [7, 11) is -6.08. The molecule has 4 heterocycles. The predicted molar refractivity (Wildman–Crippen MR) is 60.4 cm³/mol. The number of pyridine rings is 2. The van der Waals surface area contributed by atoms with Crippen LogP contribution in [-0.4, -0.2) is 7.94 Å². The first-order valence-corrected chi connectivity index (χ1v) is 8.83. The maximum absolute atomic E-state index is 15.7. The molecule has 0 atom stereocenters. The zero-order chi connectivity index (χ0) is 13.2. The fraction of sp³-hybridized carbons (Fsp3) is 0.0909. The van der Waals surface area contributed by atoms with Crippen molar-refractivity contribution in [2.24, 2.45) is 0 Å². The van der Waals surface area contributed by atoms with Gasteiger partial charge in [-0.2, -0.15) is 0 Å². The molecule has 6 nitrogen and oxygen atoms in total. The number of halogens is 1.